The van der Waals surface area contributed by atoms with Gasteiger partial charge in [-0.3, -0.25) is 10.2 Å². The molecule has 33 heavy (non-hydrogen) atoms. The van der Waals surface area contributed by atoms with Crippen molar-refractivity contribution in [2.45, 2.75) is 13.0 Å². The lowest BCUT2D eigenvalue weighted by molar-refractivity contribution is 0.0940. The average molecular weight is 455 g/mol. The van der Waals surface area contributed by atoms with Gasteiger partial charge >= 0.3 is 0 Å². The molecular formula is C26H22N4O2S. The summed E-state index contributed by atoms with van der Waals surface area (Å²) >= 11 is 1.46. The smallest absolute Gasteiger partial charge is 0.251 e. The number of carbonyl (C=O) groups excluding carboxylic acids is 1. The van der Waals surface area contributed by atoms with Crippen LogP contribution in [0.5, 0.6) is 0 Å². The molecule has 3 N–H and O–H groups in total. The molecule has 4 aromatic rings. The minimum atomic E-state index is -0.162. The Bertz CT molecular complexity index is 1340. The Morgan fingerprint density at radius 3 is 2.48 bits per heavy atom. The van der Waals surface area contributed by atoms with Crippen LogP contribution in [0.2, 0.25) is 0 Å². The van der Waals surface area contributed by atoms with E-state index >= 15 is 0 Å². The maximum Gasteiger partial charge on any atom is 0.251 e. The number of rotatable bonds is 5. The van der Waals surface area contributed by atoms with Crippen molar-refractivity contribution in [2.24, 2.45) is 0 Å². The number of amides is 1. The molecule has 1 atom stereocenters. The maximum atomic E-state index is 12.7. The van der Waals surface area contributed by atoms with E-state index in [1.165, 1.54) is 11.3 Å². The predicted octanol–water partition coefficient (Wildman–Crippen LogP) is 5.55. The molecular weight excluding hydrogens is 432 g/mol. The van der Waals surface area contributed by atoms with E-state index in [1.54, 1.807) is 29.2 Å². The molecule has 0 radical (unpaired) electrons. The lowest BCUT2D eigenvalue weighted by Crippen LogP contribution is -2.27. The fourth-order valence-electron chi connectivity index (χ4n) is 3.90. The quantitative estimate of drug-likeness (QED) is 0.369. The number of fused-ring (bicyclic) bond motifs is 1. The lowest BCUT2D eigenvalue weighted by Gasteiger charge is -2.19. The zero-order valence-electron chi connectivity index (χ0n) is 17.9. The summed E-state index contributed by atoms with van der Waals surface area (Å²) in [5.74, 6) is 0.157. The topological polar surface area (TPSA) is 89.3 Å². The maximum absolute atomic E-state index is 12.7. The van der Waals surface area contributed by atoms with Crippen LogP contribution in [-0.2, 0) is 0 Å². The van der Waals surface area contributed by atoms with Gasteiger partial charge < -0.3 is 15.3 Å². The van der Waals surface area contributed by atoms with Crippen LogP contribution >= 0.6 is 11.3 Å². The van der Waals surface area contributed by atoms with Gasteiger partial charge in [-0.25, -0.2) is 4.98 Å². The Hall–Kier alpha value is -3.97. The lowest BCUT2D eigenvalue weighted by atomic mass is 10.1. The normalized spacial score (nSPS) is 14.7. The molecule has 3 aromatic carbocycles. The predicted molar refractivity (Wildman–Crippen MR) is 133 cm³/mol. The standard InChI is InChI=1S/C26H22N4O2S/c1-16(17-7-3-2-4-8-17)28-25(32)18-11-13-19(14-12-18)30-15-21(31)23(24(30)27)26-29-20-9-5-6-10-22(20)33-26/h2-14,16,27,31H,15H2,1H3,(H,28,32). The summed E-state index contributed by atoms with van der Waals surface area (Å²) in [4.78, 5) is 19.0. The molecule has 1 unspecified atom stereocenters. The molecule has 6 nitrogen and oxygen atoms in total. The number of benzene rings is 3. The molecule has 0 aliphatic carbocycles. The number of para-hydroxylation sites is 1. The molecule has 0 saturated carbocycles. The first-order chi connectivity index (χ1) is 16.0. The van der Waals surface area contributed by atoms with Gasteiger partial charge in [-0.2, -0.15) is 0 Å². The molecule has 5 rings (SSSR count). The van der Waals surface area contributed by atoms with Crippen molar-refractivity contribution in [1.29, 1.82) is 5.41 Å². The SMILES string of the molecule is CC(NC(=O)c1ccc(N2CC(O)=C(c3nc4ccccc4s3)C2=N)cc1)c1ccccc1. The van der Waals surface area contributed by atoms with Crippen LogP contribution in [0.15, 0.2) is 84.6 Å². The number of nitrogens with one attached hydrogen (secondary N) is 2. The van der Waals surface area contributed by atoms with E-state index in [2.05, 4.69) is 10.3 Å². The fourth-order valence-corrected chi connectivity index (χ4v) is 4.94. The van der Waals surface area contributed by atoms with E-state index < -0.39 is 0 Å². The van der Waals surface area contributed by atoms with Crippen LogP contribution in [0, 0.1) is 5.41 Å². The van der Waals surface area contributed by atoms with Crippen molar-refractivity contribution < 1.29 is 9.90 Å². The summed E-state index contributed by atoms with van der Waals surface area (Å²) in [7, 11) is 0. The first-order valence-corrected chi connectivity index (χ1v) is 11.4. The van der Waals surface area contributed by atoms with Crippen LogP contribution in [0.4, 0.5) is 5.69 Å². The minimum Gasteiger partial charge on any atom is -0.510 e. The number of hydrogen-bond donors (Lipinski definition) is 3. The Morgan fingerprint density at radius 1 is 1.06 bits per heavy atom. The van der Waals surface area contributed by atoms with Crippen molar-refractivity contribution in [3.05, 3.63) is 101 Å². The Labute approximate surface area is 195 Å². The number of nitrogens with zero attached hydrogens (tertiary/aromatic N) is 2. The van der Waals surface area contributed by atoms with Gasteiger partial charge in [0.2, 0.25) is 0 Å². The number of thiazole rings is 1. The Balaban J connectivity index is 1.31. The number of aromatic nitrogens is 1. The van der Waals surface area contributed by atoms with Gasteiger partial charge in [0, 0.05) is 11.3 Å². The molecule has 2 heterocycles. The number of aliphatic hydroxyl groups excluding tert-OH is 1. The van der Waals surface area contributed by atoms with Gasteiger partial charge in [-0.05, 0) is 48.9 Å². The summed E-state index contributed by atoms with van der Waals surface area (Å²) in [6, 6.07) is 24.5. The molecule has 0 fully saturated rings. The second-order valence-electron chi connectivity index (χ2n) is 7.90. The highest BCUT2D eigenvalue weighted by atomic mass is 32.1. The molecule has 0 bridgehead atoms. The van der Waals surface area contributed by atoms with Crippen LogP contribution < -0.4 is 10.2 Å². The van der Waals surface area contributed by atoms with Crippen molar-refractivity contribution in [3.8, 4) is 0 Å². The molecule has 7 heteroatoms. The monoisotopic (exact) mass is 454 g/mol. The summed E-state index contributed by atoms with van der Waals surface area (Å²) in [5.41, 5.74) is 3.61. The van der Waals surface area contributed by atoms with Crippen LogP contribution in [0.1, 0.15) is 33.9 Å². The van der Waals surface area contributed by atoms with E-state index in [-0.39, 0.29) is 30.1 Å². The van der Waals surface area contributed by atoms with E-state index in [0.717, 1.165) is 21.5 Å². The second-order valence-corrected chi connectivity index (χ2v) is 8.93. The van der Waals surface area contributed by atoms with Crippen molar-refractivity contribution in [1.82, 2.24) is 10.3 Å². The third-order valence-electron chi connectivity index (χ3n) is 5.70. The van der Waals surface area contributed by atoms with Gasteiger partial charge in [0.15, 0.2) is 0 Å². The van der Waals surface area contributed by atoms with Crippen LogP contribution in [0.25, 0.3) is 15.8 Å². The summed E-state index contributed by atoms with van der Waals surface area (Å²) in [6.45, 7) is 2.14. The molecule has 0 saturated heterocycles. The number of anilines is 1. The van der Waals surface area contributed by atoms with Crippen molar-refractivity contribution in [2.75, 3.05) is 11.4 Å². The molecule has 1 amide bonds. The zero-order valence-corrected chi connectivity index (χ0v) is 18.8. The van der Waals surface area contributed by atoms with E-state index in [1.807, 2.05) is 61.5 Å². The van der Waals surface area contributed by atoms with Crippen LogP contribution in [0.3, 0.4) is 0 Å². The van der Waals surface area contributed by atoms with Crippen molar-refractivity contribution >= 4 is 44.6 Å². The van der Waals surface area contributed by atoms with Crippen LogP contribution in [-0.4, -0.2) is 28.4 Å². The van der Waals surface area contributed by atoms with E-state index in [4.69, 9.17) is 5.41 Å². The van der Waals surface area contributed by atoms with Gasteiger partial charge in [0.1, 0.15) is 16.6 Å². The highest BCUT2D eigenvalue weighted by molar-refractivity contribution is 7.19. The highest BCUT2D eigenvalue weighted by Gasteiger charge is 2.31. The van der Waals surface area contributed by atoms with E-state index in [9.17, 15) is 9.90 Å². The molecule has 1 aliphatic heterocycles. The van der Waals surface area contributed by atoms with Gasteiger partial charge in [0.05, 0.1) is 28.4 Å². The Morgan fingerprint density at radius 2 is 1.76 bits per heavy atom. The zero-order chi connectivity index (χ0) is 22.9. The highest BCUT2D eigenvalue weighted by Crippen LogP contribution is 2.35. The molecule has 1 aromatic heterocycles. The van der Waals surface area contributed by atoms with Gasteiger partial charge in [0.25, 0.3) is 5.91 Å². The van der Waals surface area contributed by atoms with E-state index in [0.29, 0.717) is 16.1 Å². The molecule has 0 spiro atoms. The number of amidine groups is 1. The first-order valence-electron chi connectivity index (χ1n) is 10.6. The summed E-state index contributed by atoms with van der Waals surface area (Å²) in [6.07, 6.45) is 0. The largest absolute Gasteiger partial charge is 0.510 e. The third-order valence-corrected chi connectivity index (χ3v) is 6.75. The molecule has 164 valence electrons. The third kappa shape index (κ3) is 3.99. The van der Waals surface area contributed by atoms with Gasteiger partial charge in [-0.1, -0.05) is 42.5 Å². The fraction of sp³-hybridized carbons (Fsp3) is 0.115. The number of aliphatic hydroxyl groups is 1. The van der Waals surface area contributed by atoms with Crippen molar-refractivity contribution in [3.63, 3.8) is 0 Å². The first kappa shape index (κ1) is 20.9. The minimum absolute atomic E-state index is 0.109. The summed E-state index contributed by atoms with van der Waals surface area (Å²) in [5, 5.41) is 22.9. The second kappa shape index (κ2) is 8.52. The average Bonchev–Trinajstić information content (AvgIpc) is 3.39. The number of carbonyl (C=O) groups is 1. The molecule has 1 aliphatic rings. The summed E-state index contributed by atoms with van der Waals surface area (Å²) < 4.78 is 1.01. The van der Waals surface area contributed by atoms with Gasteiger partial charge in [-0.15, -0.1) is 11.3 Å². The number of hydrogen-bond acceptors (Lipinski definition) is 5. The Kier molecular flexibility index (Phi) is 5.40.